The monoisotopic (exact) mass is 513 g/mol. The van der Waals surface area contributed by atoms with Crippen LogP contribution >= 0.6 is 0 Å². The molecular weight excluding hydrogens is 479 g/mol. The van der Waals surface area contributed by atoms with Crippen molar-refractivity contribution >= 4 is 10.8 Å². The fourth-order valence-electron chi connectivity index (χ4n) is 4.98. The van der Waals surface area contributed by atoms with Crippen molar-refractivity contribution < 1.29 is 13.2 Å². The van der Waals surface area contributed by atoms with Crippen LogP contribution in [-0.4, -0.2) is 0 Å². The molecular formula is C34H34F3N. The number of benzene rings is 4. The Labute approximate surface area is 223 Å². The topological polar surface area (TPSA) is 23.8 Å². The molecule has 0 heterocycles. The summed E-state index contributed by atoms with van der Waals surface area (Å²) in [4.78, 5) is 0. The van der Waals surface area contributed by atoms with Crippen LogP contribution in [0.4, 0.5) is 13.2 Å². The van der Waals surface area contributed by atoms with E-state index < -0.39 is 17.2 Å². The maximum absolute atomic E-state index is 15.2. The Morgan fingerprint density at radius 2 is 1.21 bits per heavy atom. The van der Waals surface area contributed by atoms with E-state index in [-0.39, 0.29) is 12.2 Å². The third-order valence-electron chi connectivity index (χ3n) is 7.29. The summed E-state index contributed by atoms with van der Waals surface area (Å²) >= 11 is 0. The molecule has 0 radical (unpaired) electrons. The Kier molecular flexibility index (Phi) is 9.60. The van der Waals surface area contributed by atoms with Gasteiger partial charge in [-0.2, -0.15) is 5.26 Å². The molecule has 4 aromatic rings. The quantitative estimate of drug-likeness (QED) is 0.173. The molecule has 0 aliphatic rings. The Morgan fingerprint density at radius 3 is 1.89 bits per heavy atom. The number of halogens is 3. The first-order chi connectivity index (χ1) is 18.5. The number of hydrogen-bond acceptors (Lipinski definition) is 1. The van der Waals surface area contributed by atoms with Gasteiger partial charge in [0.15, 0.2) is 0 Å². The number of hydrogen-bond donors (Lipinski definition) is 0. The number of aryl methyl sites for hydroxylation is 5. The Bertz CT molecular complexity index is 1390. The van der Waals surface area contributed by atoms with Gasteiger partial charge in [0, 0.05) is 5.39 Å². The minimum Gasteiger partial charge on any atom is -0.206 e. The summed E-state index contributed by atoms with van der Waals surface area (Å²) in [5.74, 6) is -2.07. The molecule has 0 fully saturated rings. The van der Waals surface area contributed by atoms with Gasteiger partial charge in [-0.15, -0.1) is 0 Å². The molecule has 0 aliphatic carbocycles. The van der Waals surface area contributed by atoms with Crippen LogP contribution in [0.25, 0.3) is 10.8 Å². The Balaban J connectivity index is 1.35. The Hall–Kier alpha value is -3.58. The van der Waals surface area contributed by atoms with E-state index in [4.69, 9.17) is 5.26 Å². The molecule has 0 atom stereocenters. The third-order valence-corrected chi connectivity index (χ3v) is 7.29. The molecule has 1 nitrogen and oxygen atoms in total. The lowest BCUT2D eigenvalue weighted by Gasteiger charge is -2.10. The predicted molar refractivity (Wildman–Crippen MR) is 149 cm³/mol. The molecule has 0 unspecified atom stereocenters. The summed E-state index contributed by atoms with van der Waals surface area (Å²) in [6.45, 7) is 2.24. The van der Waals surface area contributed by atoms with Crippen molar-refractivity contribution in [2.24, 2.45) is 0 Å². The summed E-state index contributed by atoms with van der Waals surface area (Å²) in [6.07, 6.45) is 10.0. The van der Waals surface area contributed by atoms with Crippen molar-refractivity contribution in [2.75, 3.05) is 0 Å². The van der Waals surface area contributed by atoms with E-state index in [1.165, 1.54) is 49.3 Å². The minimum atomic E-state index is -0.886. The lowest BCUT2D eigenvalue weighted by atomic mass is 9.96. The van der Waals surface area contributed by atoms with Crippen molar-refractivity contribution in [2.45, 2.75) is 71.1 Å². The molecule has 196 valence electrons. The van der Waals surface area contributed by atoms with Crippen LogP contribution in [0.2, 0.25) is 0 Å². The van der Waals surface area contributed by atoms with Crippen molar-refractivity contribution in [3.05, 3.63) is 118 Å². The zero-order valence-electron chi connectivity index (χ0n) is 22.0. The van der Waals surface area contributed by atoms with Gasteiger partial charge in [-0.1, -0.05) is 87.2 Å². The van der Waals surface area contributed by atoms with Crippen molar-refractivity contribution in [1.29, 1.82) is 5.26 Å². The molecule has 0 saturated carbocycles. The first kappa shape index (κ1) is 27.5. The Morgan fingerprint density at radius 1 is 0.605 bits per heavy atom. The van der Waals surface area contributed by atoms with Crippen LogP contribution in [0.15, 0.2) is 66.7 Å². The number of nitriles is 1. The van der Waals surface area contributed by atoms with Crippen LogP contribution in [0.5, 0.6) is 0 Å². The second-order valence-electron chi connectivity index (χ2n) is 10.1. The summed E-state index contributed by atoms with van der Waals surface area (Å²) in [5.41, 5.74) is 4.17. The van der Waals surface area contributed by atoms with Crippen molar-refractivity contribution in [3.8, 4) is 6.07 Å². The number of rotatable bonds is 12. The summed E-state index contributed by atoms with van der Waals surface area (Å²) < 4.78 is 43.0. The maximum atomic E-state index is 15.2. The number of nitrogens with zero attached hydrogens (tertiary/aromatic N) is 1. The molecule has 0 spiro atoms. The second-order valence-corrected chi connectivity index (χ2v) is 10.1. The highest BCUT2D eigenvalue weighted by Gasteiger charge is 2.13. The van der Waals surface area contributed by atoms with Gasteiger partial charge in [-0.25, -0.2) is 13.2 Å². The zero-order chi connectivity index (χ0) is 26.9. The maximum Gasteiger partial charge on any atom is 0.144 e. The average Bonchev–Trinajstić information content (AvgIpc) is 2.92. The largest absolute Gasteiger partial charge is 0.206 e. The van der Waals surface area contributed by atoms with Crippen molar-refractivity contribution in [1.82, 2.24) is 0 Å². The van der Waals surface area contributed by atoms with Crippen LogP contribution in [0, 0.1) is 28.8 Å². The SMILES string of the molecule is CCCCCCCc1ccc(CCc2ccc3c(F)c(CCc4cc(F)c(C#N)c(F)c4)ccc3c2)cc1. The average molecular weight is 514 g/mol. The second kappa shape index (κ2) is 13.3. The van der Waals surface area contributed by atoms with Crippen LogP contribution in [0.1, 0.15) is 72.4 Å². The highest BCUT2D eigenvalue weighted by molar-refractivity contribution is 5.84. The van der Waals surface area contributed by atoms with Crippen LogP contribution in [-0.2, 0) is 32.1 Å². The molecule has 38 heavy (non-hydrogen) atoms. The molecule has 0 saturated heterocycles. The standard InChI is InChI=1S/C34H34F3N/c1-2-3-4-5-6-7-24-8-10-25(11-9-24)12-13-26-15-19-30-29(20-26)18-17-28(34(30)37)16-14-27-21-32(35)31(23-38)33(36)22-27/h8-11,15,17-22H,2-7,12-14,16H2,1H3. The van der Waals surface area contributed by atoms with Crippen LogP contribution < -0.4 is 0 Å². The van der Waals surface area contributed by atoms with E-state index in [1.54, 1.807) is 6.07 Å². The van der Waals surface area contributed by atoms with Gasteiger partial charge in [-0.05, 0) is 83.9 Å². The van der Waals surface area contributed by atoms with Gasteiger partial charge in [0.2, 0.25) is 0 Å². The van der Waals surface area contributed by atoms with Crippen molar-refractivity contribution in [3.63, 3.8) is 0 Å². The lowest BCUT2D eigenvalue weighted by molar-refractivity contribution is 0.572. The molecule has 0 bridgehead atoms. The van der Waals surface area contributed by atoms with Gasteiger partial charge in [0.1, 0.15) is 29.1 Å². The highest BCUT2D eigenvalue weighted by Crippen LogP contribution is 2.25. The molecule has 0 N–H and O–H groups in total. The van der Waals surface area contributed by atoms with Gasteiger partial charge in [-0.3, -0.25) is 0 Å². The summed E-state index contributed by atoms with van der Waals surface area (Å²) in [6, 6.07) is 22.2. The van der Waals surface area contributed by atoms with E-state index in [2.05, 4.69) is 31.2 Å². The smallest absolute Gasteiger partial charge is 0.144 e. The fourth-order valence-corrected chi connectivity index (χ4v) is 4.98. The normalized spacial score (nSPS) is 11.1. The molecule has 4 heteroatoms. The number of unbranched alkanes of at least 4 members (excludes halogenated alkanes) is 4. The van der Waals surface area contributed by atoms with E-state index in [0.717, 1.165) is 42.3 Å². The van der Waals surface area contributed by atoms with E-state index in [1.807, 2.05) is 24.3 Å². The summed E-state index contributed by atoms with van der Waals surface area (Å²) in [7, 11) is 0. The van der Waals surface area contributed by atoms with Gasteiger partial charge in [0.05, 0.1) is 0 Å². The molecule has 0 aromatic heterocycles. The zero-order valence-corrected chi connectivity index (χ0v) is 22.0. The lowest BCUT2D eigenvalue weighted by Crippen LogP contribution is -1.99. The van der Waals surface area contributed by atoms with E-state index in [9.17, 15) is 8.78 Å². The first-order valence-electron chi connectivity index (χ1n) is 13.6. The first-order valence-corrected chi connectivity index (χ1v) is 13.6. The van der Waals surface area contributed by atoms with Gasteiger partial charge >= 0.3 is 0 Å². The highest BCUT2D eigenvalue weighted by atomic mass is 19.1. The van der Waals surface area contributed by atoms with Gasteiger partial charge < -0.3 is 0 Å². The summed E-state index contributed by atoms with van der Waals surface area (Å²) in [5, 5.41) is 10.2. The number of fused-ring (bicyclic) bond motifs is 1. The molecule has 0 amide bonds. The van der Waals surface area contributed by atoms with Gasteiger partial charge in [0.25, 0.3) is 0 Å². The molecule has 4 rings (SSSR count). The molecule has 4 aromatic carbocycles. The van der Waals surface area contributed by atoms with E-state index >= 15 is 4.39 Å². The fraction of sp³-hybridized carbons (Fsp3) is 0.324. The van der Waals surface area contributed by atoms with E-state index in [0.29, 0.717) is 22.9 Å². The third kappa shape index (κ3) is 7.04. The minimum absolute atomic E-state index is 0.276. The molecule has 0 aliphatic heterocycles. The predicted octanol–water partition coefficient (Wildman–Crippen LogP) is 9.21. The van der Waals surface area contributed by atoms with Crippen LogP contribution in [0.3, 0.4) is 0 Å².